The van der Waals surface area contributed by atoms with Gasteiger partial charge in [-0.25, -0.2) is 0 Å². The normalized spacial score (nSPS) is 17.5. The predicted octanol–water partition coefficient (Wildman–Crippen LogP) is 4.42. The van der Waals surface area contributed by atoms with Gasteiger partial charge in [-0.3, -0.25) is 9.59 Å². The topological polar surface area (TPSA) is 45.6 Å². The standard InChI is InChI=1S/C27H31N3O2/c1-3-29-25-11-10-21(27(32)30-14-6-8-20-7-4-5-9-24(20)30)17-23(25)22(18-26(29)31)19-12-15-28(2)16-13-19/h4-5,7,9-11,17-19H,3,6,8,12-16H2,1-2H3. The average Bonchev–Trinajstić information content (AvgIpc) is 2.83. The lowest BCUT2D eigenvalue weighted by Gasteiger charge is -2.31. The number of rotatable bonds is 3. The van der Waals surface area contributed by atoms with Crippen LogP contribution in [0.1, 0.15) is 53.6 Å². The summed E-state index contributed by atoms with van der Waals surface area (Å²) in [5.41, 5.74) is 5.06. The Morgan fingerprint density at radius 3 is 2.59 bits per heavy atom. The summed E-state index contributed by atoms with van der Waals surface area (Å²) in [7, 11) is 2.15. The maximum atomic E-state index is 13.6. The number of piperidine rings is 1. The summed E-state index contributed by atoms with van der Waals surface area (Å²) in [6.45, 7) is 5.43. The number of likely N-dealkylation sites (tertiary alicyclic amines) is 1. The molecule has 2 aliphatic rings. The number of carbonyl (C=O) groups excluding carboxylic acids is 1. The zero-order chi connectivity index (χ0) is 22.2. The second-order valence-electron chi connectivity index (χ2n) is 9.18. The summed E-state index contributed by atoms with van der Waals surface area (Å²) >= 11 is 0. The maximum absolute atomic E-state index is 13.6. The van der Waals surface area contributed by atoms with Crippen LogP contribution in [0.3, 0.4) is 0 Å². The molecule has 3 heterocycles. The van der Waals surface area contributed by atoms with Gasteiger partial charge in [0.2, 0.25) is 0 Å². The summed E-state index contributed by atoms with van der Waals surface area (Å²) in [6.07, 6.45) is 4.07. The van der Waals surface area contributed by atoms with Gasteiger partial charge in [0, 0.05) is 35.8 Å². The van der Waals surface area contributed by atoms with E-state index in [-0.39, 0.29) is 11.5 Å². The molecule has 1 fully saturated rings. The number of anilines is 1. The Labute approximate surface area is 189 Å². The Balaban J connectivity index is 1.60. The molecule has 0 unspecified atom stereocenters. The van der Waals surface area contributed by atoms with Crippen LogP contribution in [-0.4, -0.2) is 42.1 Å². The Morgan fingerprint density at radius 1 is 1.03 bits per heavy atom. The van der Waals surface area contributed by atoms with E-state index in [2.05, 4.69) is 18.0 Å². The fraction of sp³-hybridized carbons (Fsp3) is 0.407. The van der Waals surface area contributed by atoms with Crippen LogP contribution in [0.15, 0.2) is 53.3 Å². The van der Waals surface area contributed by atoms with Crippen molar-refractivity contribution in [3.8, 4) is 0 Å². The second kappa shape index (κ2) is 8.55. The highest BCUT2D eigenvalue weighted by Gasteiger charge is 2.26. The van der Waals surface area contributed by atoms with E-state index in [9.17, 15) is 9.59 Å². The monoisotopic (exact) mass is 429 g/mol. The van der Waals surface area contributed by atoms with Crippen molar-refractivity contribution in [2.75, 3.05) is 31.6 Å². The van der Waals surface area contributed by atoms with Gasteiger partial charge in [-0.05, 0) is 94.1 Å². The fourth-order valence-electron chi connectivity index (χ4n) is 5.43. The van der Waals surface area contributed by atoms with Crippen LogP contribution < -0.4 is 10.5 Å². The molecule has 0 N–H and O–H groups in total. The van der Waals surface area contributed by atoms with Crippen molar-refractivity contribution in [1.82, 2.24) is 9.47 Å². The summed E-state index contributed by atoms with van der Waals surface area (Å²) in [5, 5.41) is 1.05. The lowest BCUT2D eigenvalue weighted by molar-refractivity contribution is 0.0985. The van der Waals surface area contributed by atoms with Gasteiger partial charge in [0.05, 0.1) is 5.52 Å². The van der Waals surface area contributed by atoms with E-state index < -0.39 is 0 Å². The molecule has 166 valence electrons. The van der Waals surface area contributed by atoms with Crippen LogP contribution >= 0.6 is 0 Å². The zero-order valence-corrected chi connectivity index (χ0v) is 19.0. The maximum Gasteiger partial charge on any atom is 0.258 e. The van der Waals surface area contributed by atoms with Gasteiger partial charge in [0.25, 0.3) is 11.5 Å². The molecule has 5 nitrogen and oxygen atoms in total. The Bertz CT molecular complexity index is 1220. The molecule has 1 aromatic heterocycles. The molecule has 1 saturated heterocycles. The zero-order valence-electron chi connectivity index (χ0n) is 19.0. The third kappa shape index (κ3) is 3.65. The number of carbonyl (C=O) groups is 1. The first-order valence-electron chi connectivity index (χ1n) is 11.8. The molecule has 0 bridgehead atoms. The van der Waals surface area contributed by atoms with E-state index in [0.717, 1.165) is 67.5 Å². The van der Waals surface area contributed by atoms with Gasteiger partial charge in [-0.15, -0.1) is 0 Å². The van der Waals surface area contributed by atoms with Crippen molar-refractivity contribution in [2.24, 2.45) is 0 Å². The molecular weight excluding hydrogens is 398 g/mol. The minimum Gasteiger partial charge on any atom is -0.309 e. The molecule has 0 aliphatic carbocycles. The number of amides is 1. The Morgan fingerprint density at radius 2 is 1.81 bits per heavy atom. The highest BCUT2D eigenvalue weighted by atomic mass is 16.2. The first-order chi connectivity index (χ1) is 15.6. The minimum atomic E-state index is 0.0441. The Kier molecular flexibility index (Phi) is 5.60. The molecule has 32 heavy (non-hydrogen) atoms. The molecule has 2 aromatic carbocycles. The van der Waals surface area contributed by atoms with E-state index in [0.29, 0.717) is 18.0 Å². The number of benzene rings is 2. The number of aromatic nitrogens is 1. The number of nitrogens with zero attached hydrogens (tertiary/aromatic N) is 3. The molecular formula is C27H31N3O2. The van der Waals surface area contributed by atoms with Gasteiger partial charge in [-0.1, -0.05) is 18.2 Å². The molecule has 2 aliphatic heterocycles. The van der Waals surface area contributed by atoms with Crippen molar-refractivity contribution in [2.45, 2.75) is 45.1 Å². The average molecular weight is 430 g/mol. The summed E-state index contributed by atoms with van der Waals surface area (Å²) in [4.78, 5) is 30.7. The third-order valence-corrected chi connectivity index (χ3v) is 7.22. The SMILES string of the molecule is CCn1c(=O)cc(C2CCN(C)CC2)c2cc(C(=O)N3CCCc4ccccc43)ccc21. The molecule has 5 rings (SSSR count). The number of para-hydroxylation sites is 1. The van der Waals surface area contributed by atoms with Crippen LogP contribution in [0.5, 0.6) is 0 Å². The van der Waals surface area contributed by atoms with Crippen LogP contribution in [0, 0.1) is 0 Å². The summed E-state index contributed by atoms with van der Waals surface area (Å²) < 4.78 is 1.82. The van der Waals surface area contributed by atoms with E-state index in [1.54, 1.807) is 0 Å². The first kappa shape index (κ1) is 21.0. The third-order valence-electron chi connectivity index (χ3n) is 7.22. The van der Waals surface area contributed by atoms with Crippen molar-refractivity contribution in [1.29, 1.82) is 0 Å². The molecule has 5 heteroatoms. The molecule has 0 spiro atoms. The summed E-state index contributed by atoms with van der Waals surface area (Å²) in [6, 6.07) is 15.9. The molecule has 3 aromatic rings. The van der Waals surface area contributed by atoms with Crippen LogP contribution in [0.2, 0.25) is 0 Å². The number of fused-ring (bicyclic) bond motifs is 2. The highest BCUT2D eigenvalue weighted by Crippen LogP contribution is 2.33. The number of aryl methyl sites for hydroxylation is 2. The number of pyridine rings is 1. The largest absolute Gasteiger partial charge is 0.309 e. The van der Waals surface area contributed by atoms with E-state index in [4.69, 9.17) is 0 Å². The van der Waals surface area contributed by atoms with Gasteiger partial charge in [-0.2, -0.15) is 0 Å². The van der Waals surface area contributed by atoms with E-state index >= 15 is 0 Å². The lowest BCUT2D eigenvalue weighted by Crippen LogP contribution is -2.35. The minimum absolute atomic E-state index is 0.0441. The molecule has 1 amide bonds. The highest BCUT2D eigenvalue weighted by molar-refractivity contribution is 6.08. The number of hydrogen-bond donors (Lipinski definition) is 0. The molecule has 0 saturated carbocycles. The van der Waals surface area contributed by atoms with Crippen LogP contribution in [-0.2, 0) is 13.0 Å². The quantitative estimate of drug-likeness (QED) is 0.619. The Hall–Kier alpha value is -2.92. The lowest BCUT2D eigenvalue weighted by atomic mass is 9.87. The van der Waals surface area contributed by atoms with Crippen LogP contribution in [0.4, 0.5) is 5.69 Å². The van der Waals surface area contributed by atoms with Crippen molar-refractivity contribution >= 4 is 22.5 Å². The second-order valence-corrected chi connectivity index (χ2v) is 9.18. The first-order valence-corrected chi connectivity index (χ1v) is 11.8. The molecule has 0 radical (unpaired) electrons. The van der Waals surface area contributed by atoms with E-state index in [1.165, 1.54) is 5.56 Å². The predicted molar refractivity (Wildman–Crippen MR) is 130 cm³/mol. The van der Waals surface area contributed by atoms with Crippen molar-refractivity contribution in [3.05, 3.63) is 75.6 Å². The van der Waals surface area contributed by atoms with Gasteiger partial charge in [0.1, 0.15) is 0 Å². The summed E-state index contributed by atoms with van der Waals surface area (Å²) in [5.74, 6) is 0.400. The van der Waals surface area contributed by atoms with Crippen molar-refractivity contribution in [3.63, 3.8) is 0 Å². The number of hydrogen-bond acceptors (Lipinski definition) is 3. The fourth-order valence-corrected chi connectivity index (χ4v) is 5.43. The van der Waals surface area contributed by atoms with E-state index in [1.807, 2.05) is 58.9 Å². The molecule has 0 atom stereocenters. The van der Waals surface area contributed by atoms with Gasteiger partial charge >= 0.3 is 0 Å². The smallest absolute Gasteiger partial charge is 0.258 e. The van der Waals surface area contributed by atoms with Gasteiger partial charge in [0.15, 0.2) is 0 Å². The van der Waals surface area contributed by atoms with Crippen LogP contribution in [0.25, 0.3) is 10.9 Å². The van der Waals surface area contributed by atoms with Gasteiger partial charge < -0.3 is 14.4 Å². The van der Waals surface area contributed by atoms with Crippen molar-refractivity contribution < 1.29 is 4.79 Å².